The van der Waals surface area contributed by atoms with E-state index in [-0.39, 0.29) is 41.8 Å². The summed E-state index contributed by atoms with van der Waals surface area (Å²) in [7, 11) is -3.80. The predicted molar refractivity (Wildman–Crippen MR) is 48.0 cm³/mol. The van der Waals surface area contributed by atoms with E-state index in [9.17, 15) is 4.57 Å². The fourth-order valence-corrected chi connectivity index (χ4v) is 1.67. The van der Waals surface area contributed by atoms with Crippen molar-refractivity contribution in [2.75, 3.05) is 0 Å². The van der Waals surface area contributed by atoms with Crippen LogP contribution in [0.15, 0.2) is 0 Å². The Morgan fingerprint density at radius 2 is 1.33 bits per heavy atom. The summed E-state index contributed by atoms with van der Waals surface area (Å²) < 4.78 is 20.2. The van der Waals surface area contributed by atoms with E-state index in [4.69, 9.17) is 4.89 Å². The van der Waals surface area contributed by atoms with Gasteiger partial charge in [0.1, 0.15) is 0 Å². The maximum atomic E-state index is 10.9. The molecule has 0 aliphatic rings. The maximum Gasteiger partial charge on any atom is 0.472 e. The molecule has 0 saturated carbocycles. The third-order valence-electron chi connectivity index (χ3n) is 0.688. The largest absolute Gasteiger partial charge is 0.472 e. The van der Waals surface area contributed by atoms with Gasteiger partial charge in [-0.1, -0.05) is 0 Å². The van der Waals surface area contributed by atoms with Crippen LogP contribution in [0.3, 0.4) is 0 Å². The molecule has 0 heterocycles. The SMILES string of the molecule is CC(C)OP(=O)(O)OC(C)C.[Na]. The molecule has 0 aromatic heterocycles. The Hall–Kier alpha value is 1.11. The molecule has 0 amide bonds. The summed E-state index contributed by atoms with van der Waals surface area (Å²) in [6.07, 6.45) is -0.603. The molecule has 0 spiro atoms. The van der Waals surface area contributed by atoms with Gasteiger partial charge in [0.05, 0.1) is 12.2 Å². The average Bonchev–Trinajstić information content (AvgIpc) is 1.53. The summed E-state index contributed by atoms with van der Waals surface area (Å²) in [6.45, 7) is 6.69. The summed E-state index contributed by atoms with van der Waals surface area (Å²) in [4.78, 5) is 8.97. The van der Waals surface area contributed by atoms with Gasteiger partial charge in [-0.15, -0.1) is 0 Å². The molecule has 0 fully saturated rings. The van der Waals surface area contributed by atoms with Crippen molar-refractivity contribution < 1.29 is 18.5 Å². The second-order valence-electron chi connectivity index (χ2n) is 2.78. The van der Waals surface area contributed by atoms with Gasteiger partial charge in [0, 0.05) is 29.6 Å². The van der Waals surface area contributed by atoms with Gasteiger partial charge in [-0.3, -0.25) is 9.05 Å². The summed E-state index contributed by atoms with van der Waals surface area (Å²) in [6, 6.07) is 0. The smallest absolute Gasteiger partial charge is 0.302 e. The van der Waals surface area contributed by atoms with Gasteiger partial charge in [-0.25, -0.2) is 4.57 Å². The fourth-order valence-electron chi connectivity index (χ4n) is 0.558. The van der Waals surface area contributed by atoms with Gasteiger partial charge in [-0.2, -0.15) is 0 Å². The zero-order valence-electron chi connectivity index (χ0n) is 8.27. The summed E-state index contributed by atoms with van der Waals surface area (Å²) >= 11 is 0. The fraction of sp³-hybridized carbons (Fsp3) is 1.00. The Bertz CT molecular complexity index is 146. The molecule has 0 aromatic rings. The second kappa shape index (κ2) is 6.55. The van der Waals surface area contributed by atoms with Crippen LogP contribution < -0.4 is 0 Å². The minimum absolute atomic E-state index is 0. The standard InChI is InChI=1S/C6H15O4P.Na/c1-5(2)9-11(7,8)10-6(3)4;/h5-6H,1-4H3,(H,7,8);. The minimum atomic E-state index is -3.80. The Morgan fingerprint density at radius 3 is 1.50 bits per heavy atom. The third-order valence-corrected chi connectivity index (χ3v) is 2.06. The molecule has 0 bridgehead atoms. The monoisotopic (exact) mass is 205 g/mol. The normalized spacial score (nSPS) is 11.9. The third kappa shape index (κ3) is 9.20. The summed E-state index contributed by atoms with van der Waals surface area (Å²) in [5.74, 6) is 0. The van der Waals surface area contributed by atoms with E-state index in [1.54, 1.807) is 27.7 Å². The van der Waals surface area contributed by atoms with Crippen LogP contribution in [-0.4, -0.2) is 46.7 Å². The van der Waals surface area contributed by atoms with Crippen molar-refractivity contribution in [2.24, 2.45) is 0 Å². The number of hydrogen-bond donors (Lipinski definition) is 1. The van der Waals surface area contributed by atoms with E-state index in [2.05, 4.69) is 9.05 Å². The zero-order chi connectivity index (χ0) is 9.07. The van der Waals surface area contributed by atoms with Crippen molar-refractivity contribution in [3.63, 3.8) is 0 Å². The van der Waals surface area contributed by atoms with Crippen LogP contribution in [0.2, 0.25) is 0 Å². The van der Waals surface area contributed by atoms with Crippen molar-refractivity contribution >= 4 is 37.4 Å². The summed E-state index contributed by atoms with van der Waals surface area (Å²) in [5.41, 5.74) is 0. The topological polar surface area (TPSA) is 55.8 Å². The Morgan fingerprint density at radius 1 is 1.08 bits per heavy atom. The van der Waals surface area contributed by atoms with Gasteiger partial charge >= 0.3 is 7.82 Å². The molecule has 12 heavy (non-hydrogen) atoms. The average molecular weight is 205 g/mol. The van der Waals surface area contributed by atoms with Crippen molar-refractivity contribution in [2.45, 2.75) is 39.9 Å². The molecule has 0 atom stereocenters. The van der Waals surface area contributed by atoms with E-state index < -0.39 is 7.82 Å². The minimum Gasteiger partial charge on any atom is -0.302 e. The quantitative estimate of drug-likeness (QED) is 0.558. The van der Waals surface area contributed by atoms with Crippen LogP contribution in [0.25, 0.3) is 0 Å². The van der Waals surface area contributed by atoms with Crippen LogP contribution in [0.4, 0.5) is 0 Å². The molecule has 69 valence electrons. The molecule has 0 saturated heterocycles. The van der Waals surface area contributed by atoms with Crippen LogP contribution in [0, 0.1) is 0 Å². The van der Waals surface area contributed by atoms with E-state index in [0.29, 0.717) is 0 Å². The Labute approximate surface area is 95.5 Å². The zero-order valence-corrected chi connectivity index (χ0v) is 11.2. The molecule has 0 unspecified atom stereocenters. The molecule has 0 rings (SSSR count). The van der Waals surface area contributed by atoms with E-state index in [1.165, 1.54) is 0 Å². The van der Waals surface area contributed by atoms with Crippen LogP contribution in [-0.2, 0) is 13.6 Å². The first-order chi connectivity index (χ1) is 4.83. The van der Waals surface area contributed by atoms with Gasteiger partial charge in [-0.05, 0) is 27.7 Å². The van der Waals surface area contributed by atoms with E-state index in [0.717, 1.165) is 0 Å². The van der Waals surface area contributed by atoms with Gasteiger partial charge in [0.15, 0.2) is 0 Å². The van der Waals surface area contributed by atoms with Gasteiger partial charge < -0.3 is 4.89 Å². The second-order valence-corrected chi connectivity index (χ2v) is 4.14. The molecular weight excluding hydrogens is 190 g/mol. The van der Waals surface area contributed by atoms with Gasteiger partial charge in [0.2, 0.25) is 0 Å². The number of phosphoric ester groups is 1. The van der Waals surface area contributed by atoms with E-state index >= 15 is 0 Å². The molecule has 4 nitrogen and oxygen atoms in total. The first kappa shape index (κ1) is 15.6. The molecule has 6 heteroatoms. The van der Waals surface area contributed by atoms with Crippen molar-refractivity contribution in [3.8, 4) is 0 Å². The Kier molecular flexibility index (Phi) is 8.50. The van der Waals surface area contributed by atoms with E-state index in [1.807, 2.05) is 0 Å². The molecule has 0 aliphatic heterocycles. The molecule has 0 aliphatic carbocycles. The van der Waals surface area contributed by atoms with Crippen molar-refractivity contribution in [3.05, 3.63) is 0 Å². The van der Waals surface area contributed by atoms with Crippen molar-refractivity contribution in [1.29, 1.82) is 0 Å². The number of hydrogen-bond acceptors (Lipinski definition) is 3. The number of rotatable bonds is 4. The molecule has 0 aromatic carbocycles. The molecule has 1 radical (unpaired) electrons. The Balaban J connectivity index is 0. The number of phosphoric acid groups is 1. The first-order valence-electron chi connectivity index (χ1n) is 3.53. The van der Waals surface area contributed by atoms with Crippen molar-refractivity contribution in [1.82, 2.24) is 0 Å². The van der Waals surface area contributed by atoms with Crippen LogP contribution >= 0.6 is 7.82 Å². The molecular formula is C6H15NaO4P. The van der Waals surface area contributed by atoms with Gasteiger partial charge in [0.25, 0.3) is 0 Å². The summed E-state index contributed by atoms with van der Waals surface area (Å²) in [5, 5.41) is 0. The first-order valence-corrected chi connectivity index (χ1v) is 5.02. The van der Waals surface area contributed by atoms with Crippen LogP contribution in [0.1, 0.15) is 27.7 Å². The van der Waals surface area contributed by atoms with Crippen LogP contribution in [0.5, 0.6) is 0 Å². The maximum absolute atomic E-state index is 10.9. The predicted octanol–water partition coefficient (Wildman–Crippen LogP) is 1.56. The molecule has 1 N–H and O–H groups in total.